The average Bonchev–Trinajstić information content (AvgIpc) is 2.49. The fraction of sp³-hybridized carbons (Fsp3) is 0.214. The molecule has 0 aromatic carbocycles. The van der Waals surface area contributed by atoms with Gasteiger partial charge in [0.2, 0.25) is 5.78 Å². The van der Waals surface area contributed by atoms with Crippen molar-refractivity contribution in [2.45, 2.75) is 12.8 Å². The topological polar surface area (TPSA) is 111 Å². The fourth-order valence-corrected chi connectivity index (χ4v) is 1.18. The number of ketones is 2. The summed E-state index contributed by atoms with van der Waals surface area (Å²) in [6.07, 6.45) is 0.558. The number of Topliss-reactive ketones (excluding diaryl/α,β-unsaturated/α-hetero) is 2. The molecule has 0 aliphatic heterocycles. The zero-order valence-corrected chi connectivity index (χ0v) is 10.9. The maximum Gasteiger partial charge on any atom is 0.375 e. The maximum absolute atomic E-state index is 11.5. The summed E-state index contributed by atoms with van der Waals surface area (Å²) in [6, 6.07) is 4.76. The Hall–Kier alpha value is -3.01. The van der Waals surface area contributed by atoms with Crippen LogP contribution in [-0.2, 0) is 19.1 Å². The molecule has 0 atom stereocenters. The van der Waals surface area contributed by atoms with Crippen LogP contribution in [-0.4, -0.2) is 40.2 Å². The molecule has 0 radical (unpaired) electrons. The Labute approximate surface area is 119 Å². The van der Waals surface area contributed by atoms with E-state index in [0.717, 1.165) is 0 Å². The molecule has 1 N–H and O–H groups in total. The fourth-order valence-electron chi connectivity index (χ4n) is 1.18. The maximum atomic E-state index is 11.5. The van der Waals surface area contributed by atoms with E-state index in [0.29, 0.717) is 0 Å². The van der Waals surface area contributed by atoms with Crippen LogP contribution in [0.3, 0.4) is 0 Å². The van der Waals surface area contributed by atoms with E-state index in [1.165, 1.54) is 12.3 Å². The molecule has 1 heterocycles. The first kappa shape index (κ1) is 16.0. The number of pyridine rings is 1. The summed E-state index contributed by atoms with van der Waals surface area (Å²) in [6.45, 7) is -0.434. The van der Waals surface area contributed by atoms with Gasteiger partial charge in [0, 0.05) is 12.6 Å². The van der Waals surface area contributed by atoms with Crippen molar-refractivity contribution in [3.05, 3.63) is 30.1 Å². The lowest BCUT2D eigenvalue weighted by atomic mass is 10.2. The molecule has 0 amide bonds. The molecule has 0 unspecified atom stereocenters. The Balaban J connectivity index is 2.38. The minimum absolute atomic E-state index is 0.161. The Morgan fingerprint density at radius 3 is 2.57 bits per heavy atom. The molecule has 0 saturated heterocycles. The molecule has 108 valence electrons. The van der Waals surface area contributed by atoms with Crippen LogP contribution in [0.4, 0.5) is 0 Å². The Kier molecular flexibility index (Phi) is 6.28. The van der Waals surface area contributed by atoms with Crippen LogP contribution >= 0.6 is 0 Å². The first-order chi connectivity index (χ1) is 10.0. The molecular weight excluding hydrogens is 278 g/mol. The molecule has 0 aliphatic carbocycles. The summed E-state index contributed by atoms with van der Waals surface area (Å²) in [7, 11) is 0. The lowest BCUT2D eigenvalue weighted by molar-refractivity contribution is -0.153. The minimum Gasteiger partial charge on any atom is -0.481 e. The predicted molar refractivity (Wildman–Crippen MR) is 69.2 cm³/mol. The summed E-state index contributed by atoms with van der Waals surface area (Å²) in [5.74, 6) is 0.652. The second-order valence-corrected chi connectivity index (χ2v) is 3.74. The van der Waals surface area contributed by atoms with Crippen LogP contribution in [0.1, 0.15) is 23.3 Å². The van der Waals surface area contributed by atoms with E-state index in [4.69, 9.17) is 5.11 Å². The van der Waals surface area contributed by atoms with E-state index < -0.39 is 43.0 Å². The molecule has 7 nitrogen and oxygen atoms in total. The highest BCUT2D eigenvalue weighted by Crippen LogP contribution is 1.95. The number of carboxylic acid groups (broad SMARTS) is 1. The van der Waals surface area contributed by atoms with Crippen LogP contribution in [0.25, 0.3) is 0 Å². The van der Waals surface area contributed by atoms with Gasteiger partial charge in [0.05, 0.1) is 6.42 Å². The third-order valence-corrected chi connectivity index (χ3v) is 2.17. The first-order valence-corrected chi connectivity index (χ1v) is 5.86. The van der Waals surface area contributed by atoms with Crippen LogP contribution in [0.15, 0.2) is 24.4 Å². The van der Waals surface area contributed by atoms with Gasteiger partial charge < -0.3 is 9.84 Å². The van der Waals surface area contributed by atoms with Gasteiger partial charge in [0.15, 0.2) is 6.61 Å². The van der Waals surface area contributed by atoms with Crippen molar-refractivity contribution in [3.63, 3.8) is 0 Å². The number of hydrogen-bond donors (Lipinski definition) is 1. The lowest BCUT2D eigenvalue weighted by Crippen LogP contribution is -2.18. The lowest BCUT2D eigenvalue weighted by Gasteiger charge is -1.98. The van der Waals surface area contributed by atoms with Gasteiger partial charge in [0.25, 0.3) is 5.78 Å². The number of nitrogens with zero attached hydrogens (tertiary/aromatic N) is 1. The van der Waals surface area contributed by atoms with Gasteiger partial charge in [-0.1, -0.05) is 12.0 Å². The van der Waals surface area contributed by atoms with E-state index >= 15 is 0 Å². The summed E-state index contributed by atoms with van der Waals surface area (Å²) >= 11 is 0. The smallest absolute Gasteiger partial charge is 0.375 e. The monoisotopic (exact) mass is 289 g/mol. The zero-order valence-electron chi connectivity index (χ0n) is 10.9. The minimum atomic E-state index is -1.18. The predicted octanol–water partition coefficient (Wildman–Crippen LogP) is 0.245. The highest BCUT2D eigenvalue weighted by Gasteiger charge is 2.16. The third-order valence-electron chi connectivity index (χ3n) is 2.17. The zero-order chi connectivity index (χ0) is 15.7. The highest BCUT2D eigenvalue weighted by atomic mass is 16.5. The quantitative estimate of drug-likeness (QED) is 0.262. The van der Waals surface area contributed by atoms with E-state index in [2.05, 4.69) is 21.6 Å². The van der Waals surface area contributed by atoms with Gasteiger partial charge in [-0.3, -0.25) is 19.4 Å². The van der Waals surface area contributed by atoms with Gasteiger partial charge in [-0.15, -0.1) is 0 Å². The number of carboxylic acids is 1. The van der Waals surface area contributed by atoms with Crippen molar-refractivity contribution >= 4 is 23.5 Å². The van der Waals surface area contributed by atoms with Crippen molar-refractivity contribution in [1.82, 2.24) is 4.98 Å². The Bertz CT molecular complexity index is 611. The van der Waals surface area contributed by atoms with Crippen molar-refractivity contribution in [3.8, 4) is 11.8 Å². The molecule has 1 rings (SSSR count). The Morgan fingerprint density at radius 1 is 1.19 bits per heavy atom. The number of esters is 1. The standard InChI is InChI=1S/C14H11NO6/c16-11(10-4-1-2-8-15-10)5-3-9-21-14(20)12(17)6-7-13(18)19/h1-2,4,8H,6-7,9H2,(H,18,19). The summed E-state index contributed by atoms with van der Waals surface area (Å²) in [5.41, 5.74) is 0.161. The van der Waals surface area contributed by atoms with Gasteiger partial charge >= 0.3 is 11.9 Å². The number of aliphatic carboxylic acids is 1. The van der Waals surface area contributed by atoms with Gasteiger partial charge in [-0.25, -0.2) is 4.79 Å². The molecule has 0 saturated carbocycles. The van der Waals surface area contributed by atoms with E-state index in [-0.39, 0.29) is 5.69 Å². The molecule has 0 spiro atoms. The number of carbonyl (C=O) groups is 4. The summed E-state index contributed by atoms with van der Waals surface area (Å²) < 4.78 is 4.49. The molecule has 1 aromatic rings. The number of rotatable bonds is 6. The average molecular weight is 289 g/mol. The number of carbonyl (C=O) groups excluding carboxylic acids is 3. The van der Waals surface area contributed by atoms with Crippen molar-refractivity contribution in [2.75, 3.05) is 6.61 Å². The third kappa shape index (κ3) is 6.11. The van der Waals surface area contributed by atoms with E-state index in [1.54, 1.807) is 12.1 Å². The highest BCUT2D eigenvalue weighted by molar-refractivity contribution is 6.33. The van der Waals surface area contributed by atoms with Crippen LogP contribution in [0.5, 0.6) is 0 Å². The molecule has 21 heavy (non-hydrogen) atoms. The normalized spacial score (nSPS) is 9.14. The van der Waals surface area contributed by atoms with Gasteiger partial charge in [-0.05, 0) is 18.1 Å². The SMILES string of the molecule is O=C(O)CCC(=O)C(=O)OCC#CC(=O)c1ccccn1. The number of ether oxygens (including phenoxy) is 1. The largest absolute Gasteiger partial charge is 0.481 e. The first-order valence-electron chi connectivity index (χ1n) is 5.86. The van der Waals surface area contributed by atoms with Crippen LogP contribution < -0.4 is 0 Å². The molecule has 0 bridgehead atoms. The van der Waals surface area contributed by atoms with Gasteiger partial charge in [0.1, 0.15) is 5.69 Å². The summed E-state index contributed by atoms with van der Waals surface area (Å²) in [5, 5.41) is 8.36. The Morgan fingerprint density at radius 2 is 1.95 bits per heavy atom. The van der Waals surface area contributed by atoms with E-state index in [9.17, 15) is 19.2 Å². The van der Waals surface area contributed by atoms with E-state index in [1.807, 2.05) is 0 Å². The number of hydrogen-bond acceptors (Lipinski definition) is 6. The molecular formula is C14H11NO6. The van der Waals surface area contributed by atoms with Crippen LogP contribution in [0, 0.1) is 11.8 Å². The van der Waals surface area contributed by atoms with Crippen molar-refractivity contribution < 1.29 is 29.0 Å². The van der Waals surface area contributed by atoms with Crippen molar-refractivity contribution in [2.24, 2.45) is 0 Å². The van der Waals surface area contributed by atoms with Gasteiger partial charge in [-0.2, -0.15) is 0 Å². The number of aromatic nitrogens is 1. The molecule has 0 aliphatic rings. The molecule has 0 fully saturated rings. The summed E-state index contributed by atoms with van der Waals surface area (Å²) in [4.78, 5) is 47.8. The second-order valence-electron chi connectivity index (χ2n) is 3.74. The van der Waals surface area contributed by atoms with Crippen molar-refractivity contribution in [1.29, 1.82) is 0 Å². The second kappa shape index (κ2) is 8.22. The molecule has 1 aromatic heterocycles. The van der Waals surface area contributed by atoms with Crippen LogP contribution in [0.2, 0.25) is 0 Å². The molecule has 7 heteroatoms.